The highest BCUT2D eigenvalue weighted by Gasteiger charge is 2.44. The number of carbonyl (C=O) groups is 1. The van der Waals surface area contributed by atoms with E-state index in [9.17, 15) is 9.90 Å². The van der Waals surface area contributed by atoms with E-state index in [0.717, 1.165) is 11.4 Å². The van der Waals surface area contributed by atoms with Gasteiger partial charge in [-0.2, -0.15) is 0 Å². The zero-order valence-electron chi connectivity index (χ0n) is 24.6. The molecule has 0 radical (unpaired) electrons. The van der Waals surface area contributed by atoms with Gasteiger partial charge in [0.1, 0.15) is 0 Å². The molecule has 2 heterocycles. The Labute approximate surface area is 242 Å². The number of carboxylic acids is 1. The lowest BCUT2D eigenvalue weighted by atomic mass is 9.77. The Balaban J connectivity index is 1.32. The molecule has 0 aliphatic carbocycles. The minimum absolute atomic E-state index is 0.0841. The SMILES string of the molecule is CN1c2c(c3ccccc3c3ccccc23)C(C)(C)C1/C=C/C=C/C=C1/N(CCC(=O)O)c2ccccc2C1(C)C. The van der Waals surface area contributed by atoms with E-state index in [-0.39, 0.29) is 23.3 Å². The third-order valence-corrected chi connectivity index (χ3v) is 9.18. The van der Waals surface area contributed by atoms with Gasteiger partial charge in [0.2, 0.25) is 0 Å². The van der Waals surface area contributed by atoms with Gasteiger partial charge in [0.25, 0.3) is 0 Å². The van der Waals surface area contributed by atoms with Crippen LogP contribution >= 0.6 is 0 Å². The highest BCUT2D eigenvalue weighted by molar-refractivity contribution is 6.16. The largest absolute Gasteiger partial charge is 0.481 e. The molecule has 0 bridgehead atoms. The molecule has 41 heavy (non-hydrogen) atoms. The van der Waals surface area contributed by atoms with Crippen molar-refractivity contribution in [3.63, 3.8) is 0 Å². The molecular formula is C37H38N2O2. The highest BCUT2D eigenvalue weighted by Crippen LogP contribution is 2.52. The number of allylic oxidation sites excluding steroid dienone is 5. The zero-order valence-corrected chi connectivity index (χ0v) is 24.6. The maximum absolute atomic E-state index is 11.4. The Kier molecular flexibility index (Phi) is 6.53. The van der Waals surface area contributed by atoms with Crippen molar-refractivity contribution in [3.8, 4) is 0 Å². The first-order valence-corrected chi connectivity index (χ1v) is 14.4. The van der Waals surface area contributed by atoms with Crippen LogP contribution in [0.25, 0.3) is 21.5 Å². The van der Waals surface area contributed by atoms with Gasteiger partial charge in [-0.1, -0.05) is 119 Å². The number of fused-ring (bicyclic) bond motifs is 7. The van der Waals surface area contributed by atoms with E-state index in [4.69, 9.17) is 0 Å². The molecule has 4 nitrogen and oxygen atoms in total. The first kappa shape index (κ1) is 26.9. The summed E-state index contributed by atoms with van der Waals surface area (Å²) >= 11 is 0. The fourth-order valence-electron chi connectivity index (χ4n) is 7.25. The van der Waals surface area contributed by atoms with Gasteiger partial charge < -0.3 is 14.9 Å². The number of nitrogens with zero attached hydrogens (tertiary/aromatic N) is 2. The fraction of sp³-hybridized carbons (Fsp3) is 0.270. The summed E-state index contributed by atoms with van der Waals surface area (Å²) in [5, 5.41) is 14.6. The predicted octanol–water partition coefficient (Wildman–Crippen LogP) is 8.36. The molecule has 1 atom stereocenters. The second-order valence-corrected chi connectivity index (χ2v) is 12.4. The number of rotatable bonds is 6. The maximum Gasteiger partial charge on any atom is 0.305 e. The molecule has 0 aromatic heterocycles. The third kappa shape index (κ3) is 4.24. The summed E-state index contributed by atoms with van der Waals surface area (Å²) in [7, 11) is 2.22. The van der Waals surface area contributed by atoms with Crippen LogP contribution in [0.3, 0.4) is 0 Å². The van der Waals surface area contributed by atoms with Crippen LogP contribution in [0.5, 0.6) is 0 Å². The summed E-state index contributed by atoms with van der Waals surface area (Å²) in [4.78, 5) is 16.0. The highest BCUT2D eigenvalue weighted by atomic mass is 16.4. The van der Waals surface area contributed by atoms with Crippen LogP contribution < -0.4 is 9.80 Å². The topological polar surface area (TPSA) is 43.8 Å². The number of benzene rings is 4. The van der Waals surface area contributed by atoms with Crippen molar-refractivity contribution in [3.05, 3.63) is 120 Å². The van der Waals surface area contributed by atoms with Gasteiger partial charge in [0.15, 0.2) is 0 Å². The number of anilines is 2. The summed E-state index contributed by atoms with van der Waals surface area (Å²) in [6, 6.07) is 26.1. The predicted molar refractivity (Wildman–Crippen MR) is 172 cm³/mol. The molecular weight excluding hydrogens is 504 g/mol. The Morgan fingerprint density at radius 2 is 1.44 bits per heavy atom. The molecule has 208 valence electrons. The minimum atomic E-state index is -0.783. The van der Waals surface area contributed by atoms with Crippen molar-refractivity contribution in [2.75, 3.05) is 23.4 Å². The molecule has 6 rings (SSSR count). The lowest BCUT2D eigenvalue weighted by Crippen LogP contribution is -2.37. The van der Waals surface area contributed by atoms with E-state index < -0.39 is 5.97 Å². The fourth-order valence-corrected chi connectivity index (χ4v) is 7.25. The summed E-state index contributed by atoms with van der Waals surface area (Å²) in [6.07, 6.45) is 10.9. The lowest BCUT2D eigenvalue weighted by molar-refractivity contribution is -0.136. The maximum atomic E-state index is 11.4. The first-order chi connectivity index (χ1) is 19.6. The Bertz CT molecular complexity index is 1760. The Morgan fingerprint density at radius 3 is 2.15 bits per heavy atom. The van der Waals surface area contributed by atoms with Crippen LogP contribution in [0.4, 0.5) is 11.4 Å². The van der Waals surface area contributed by atoms with E-state index in [2.05, 4.69) is 142 Å². The molecule has 2 aliphatic rings. The monoisotopic (exact) mass is 542 g/mol. The van der Waals surface area contributed by atoms with Crippen molar-refractivity contribution in [1.82, 2.24) is 0 Å². The average molecular weight is 543 g/mol. The van der Waals surface area contributed by atoms with E-state index in [1.807, 2.05) is 6.07 Å². The molecule has 0 spiro atoms. The van der Waals surface area contributed by atoms with Crippen LogP contribution in [0.15, 0.2) is 109 Å². The Hall–Kier alpha value is -4.31. The van der Waals surface area contributed by atoms with Crippen molar-refractivity contribution in [1.29, 1.82) is 0 Å². The molecule has 2 aliphatic heterocycles. The van der Waals surface area contributed by atoms with Gasteiger partial charge in [-0.25, -0.2) is 0 Å². The standard InChI is InChI=1S/C37H38N2O2/c1-36(2)29-19-13-14-20-30(29)39(24-23-33(40)41)32(36)22-8-6-7-21-31-37(3,4)34-27-17-11-9-15-25(27)26-16-10-12-18-28(26)35(34)38(31)5/h6-22,31H,23-24H2,1-5H3,(H,40,41)/b8-6+,21-7+,32-22+. The minimum Gasteiger partial charge on any atom is -0.481 e. The molecule has 1 unspecified atom stereocenters. The number of para-hydroxylation sites is 1. The number of aliphatic carboxylic acids is 1. The molecule has 0 saturated heterocycles. The second-order valence-electron chi connectivity index (χ2n) is 12.4. The van der Waals surface area contributed by atoms with Crippen molar-refractivity contribution >= 4 is 38.9 Å². The van der Waals surface area contributed by atoms with Gasteiger partial charge in [-0.15, -0.1) is 0 Å². The molecule has 4 heteroatoms. The average Bonchev–Trinajstić information content (AvgIpc) is 3.30. The molecule has 4 aromatic rings. The van der Waals surface area contributed by atoms with Crippen LogP contribution in [-0.4, -0.2) is 30.7 Å². The molecule has 0 saturated carbocycles. The quantitative estimate of drug-likeness (QED) is 0.196. The summed E-state index contributed by atoms with van der Waals surface area (Å²) in [5.74, 6) is -0.783. The smallest absolute Gasteiger partial charge is 0.305 e. The number of likely N-dealkylation sites (N-methyl/N-ethyl adjacent to an activating group) is 1. The van der Waals surface area contributed by atoms with E-state index >= 15 is 0 Å². The Morgan fingerprint density at radius 1 is 0.829 bits per heavy atom. The van der Waals surface area contributed by atoms with Gasteiger partial charge >= 0.3 is 5.97 Å². The van der Waals surface area contributed by atoms with Crippen molar-refractivity contribution in [2.24, 2.45) is 0 Å². The van der Waals surface area contributed by atoms with Gasteiger partial charge in [0.05, 0.1) is 12.5 Å². The van der Waals surface area contributed by atoms with E-state index in [0.29, 0.717) is 6.54 Å². The van der Waals surface area contributed by atoms with Gasteiger partial charge in [-0.05, 0) is 39.4 Å². The number of carboxylic acid groups (broad SMARTS) is 1. The normalized spacial score (nSPS) is 20.1. The van der Waals surface area contributed by atoms with Crippen molar-refractivity contribution < 1.29 is 9.90 Å². The van der Waals surface area contributed by atoms with Gasteiger partial charge in [-0.3, -0.25) is 4.79 Å². The van der Waals surface area contributed by atoms with Crippen LogP contribution in [0.1, 0.15) is 45.2 Å². The molecule has 0 amide bonds. The third-order valence-electron chi connectivity index (χ3n) is 9.18. The van der Waals surface area contributed by atoms with E-state index in [1.165, 1.54) is 38.4 Å². The molecule has 4 aromatic carbocycles. The molecule has 1 N–H and O–H groups in total. The zero-order chi connectivity index (χ0) is 28.9. The van der Waals surface area contributed by atoms with Crippen LogP contribution in [0.2, 0.25) is 0 Å². The van der Waals surface area contributed by atoms with Crippen LogP contribution in [-0.2, 0) is 15.6 Å². The van der Waals surface area contributed by atoms with Gasteiger partial charge in [0, 0.05) is 46.9 Å². The lowest BCUT2D eigenvalue weighted by Gasteiger charge is -2.30. The molecule has 0 fully saturated rings. The number of hydrogen-bond acceptors (Lipinski definition) is 3. The summed E-state index contributed by atoms with van der Waals surface area (Å²) in [5.41, 5.74) is 5.89. The van der Waals surface area contributed by atoms with E-state index in [1.54, 1.807) is 0 Å². The van der Waals surface area contributed by atoms with Crippen LogP contribution in [0, 0.1) is 0 Å². The first-order valence-electron chi connectivity index (χ1n) is 14.4. The summed E-state index contributed by atoms with van der Waals surface area (Å²) < 4.78 is 0. The second kappa shape index (κ2) is 9.95. The van der Waals surface area contributed by atoms with Crippen molar-refractivity contribution in [2.45, 2.75) is 51.0 Å². The number of hydrogen-bond donors (Lipinski definition) is 1. The summed E-state index contributed by atoms with van der Waals surface area (Å²) in [6.45, 7) is 9.59.